The standard InChI is InChI=1S/C25H28FN3O2/c26-21-9-3-6-18(14-21)15-28-12-4-8-20(16-28)25(30)29-13-5-7-19(17-29)24-27-22-10-1-2-11-23(22)31-24/h1-3,6,9-11,14,19-20H,4-5,7-8,12-13,15-17H2. The SMILES string of the molecule is O=C(C1CCCN(Cc2cccc(F)c2)C1)N1CCCC(c2nc3ccccc3o2)C1. The van der Waals surface area contributed by atoms with Crippen molar-refractivity contribution >= 4 is 17.0 Å². The van der Waals surface area contributed by atoms with E-state index in [1.165, 1.54) is 6.07 Å². The number of oxazole rings is 1. The van der Waals surface area contributed by atoms with E-state index >= 15 is 0 Å². The predicted octanol–water partition coefficient (Wildman–Crippen LogP) is 4.59. The summed E-state index contributed by atoms with van der Waals surface area (Å²) in [5.41, 5.74) is 2.64. The molecule has 2 aliphatic rings. The van der Waals surface area contributed by atoms with Crippen molar-refractivity contribution in [3.63, 3.8) is 0 Å². The van der Waals surface area contributed by atoms with Crippen LogP contribution < -0.4 is 0 Å². The summed E-state index contributed by atoms with van der Waals surface area (Å²) in [6.07, 6.45) is 3.87. The van der Waals surface area contributed by atoms with Crippen LogP contribution in [0.25, 0.3) is 11.1 Å². The lowest BCUT2D eigenvalue weighted by molar-refractivity contribution is -0.138. The molecule has 2 atom stereocenters. The Morgan fingerprint density at radius 2 is 1.94 bits per heavy atom. The number of piperidine rings is 2. The number of hydrogen-bond acceptors (Lipinski definition) is 4. The number of hydrogen-bond donors (Lipinski definition) is 0. The average molecular weight is 422 g/mol. The molecule has 0 radical (unpaired) electrons. The van der Waals surface area contributed by atoms with Gasteiger partial charge in [0, 0.05) is 26.2 Å². The monoisotopic (exact) mass is 421 g/mol. The zero-order valence-corrected chi connectivity index (χ0v) is 17.7. The second kappa shape index (κ2) is 8.79. The van der Waals surface area contributed by atoms with E-state index in [0.29, 0.717) is 13.1 Å². The summed E-state index contributed by atoms with van der Waals surface area (Å²) in [5.74, 6) is 0.933. The van der Waals surface area contributed by atoms with Crippen LogP contribution in [0.15, 0.2) is 52.9 Å². The number of amides is 1. The van der Waals surface area contributed by atoms with E-state index in [1.807, 2.05) is 35.2 Å². The number of carbonyl (C=O) groups excluding carboxylic acids is 1. The molecule has 2 aliphatic heterocycles. The zero-order valence-electron chi connectivity index (χ0n) is 17.7. The molecule has 2 unspecified atom stereocenters. The summed E-state index contributed by atoms with van der Waals surface area (Å²) in [7, 11) is 0. The van der Waals surface area contributed by atoms with Gasteiger partial charge < -0.3 is 9.32 Å². The average Bonchev–Trinajstić information content (AvgIpc) is 3.23. The second-order valence-electron chi connectivity index (χ2n) is 8.85. The van der Waals surface area contributed by atoms with Gasteiger partial charge in [0.15, 0.2) is 11.5 Å². The third-order valence-electron chi connectivity index (χ3n) is 6.54. The summed E-state index contributed by atoms with van der Waals surface area (Å²) < 4.78 is 19.5. The molecule has 2 aromatic carbocycles. The molecule has 0 N–H and O–H groups in total. The van der Waals surface area contributed by atoms with Gasteiger partial charge >= 0.3 is 0 Å². The van der Waals surface area contributed by atoms with Gasteiger partial charge in [0.1, 0.15) is 11.3 Å². The van der Waals surface area contributed by atoms with Crippen LogP contribution in [0.1, 0.15) is 43.1 Å². The predicted molar refractivity (Wildman–Crippen MR) is 117 cm³/mol. The van der Waals surface area contributed by atoms with Gasteiger partial charge in [-0.25, -0.2) is 9.37 Å². The fourth-order valence-electron chi connectivity index (χ4n) is 5.00. The molecule has 5 rings (SSSR count). The number of para-hydroxylation sites is 2. The van der Waals surface area contributed by atoms with Gasteiger partial charge in [-0.2, -0.15) is 0 Å². The fraction of sp³-hybridized carbons (Fsp3) is 0.440. The third-order valence-corrected chi connectivity index (χ3v) is 6.54. The maximum Gasteiger partial charge on any atom is 0.226 e. The summed E-state index contributed by atoms with van der Waals surface area (Å²) in [5, 5.41) is 0. The number of aromatic nitrogens is 1. The summed E-state index contributed by atoms with van der Waals surface area (Å²) in [4.78, 5) is 22.3. The van der Waals surface area contributed by atoms with Gasteiger partial charge in [0.2, 0.25) is 5.91 Å². The molecule has 3 heterocycles. The highest BCUT2D eigenvalue weighted by Gasteiger charge is 2.33. The van der Waals surface area contributed by atoms with Crippen LogP contribution in [0, 0.1) is 11.7 Å². The topological polar surface area (TPSA) is 49.6 Å². The van der Waals surface area contributed by atoms with Crippen molar-refractivity contribution in [2.75, 3.05) is 26.2 Å². The second-order valence-corrected chi connectivity index (χ2v) is 8.85. The molecule has 5 nitrogen and oxygen atoms in total. The molecule has 3 aromatic rings. The number of benzene rings is 2. The van der Waals surface area contributed by atoms with Crippen molar-refractivity contribution in [1.29, 1.82) is 0 Å². The van der Waals surface area contributed by atoms with Crippen molar-refractivity contribution in [2.24, 2.45) is 5.92 Å². The van der Waals surface area contributed by atoms with E-state index in [2.05, 4.69) is 9.88 Å². The highest BCUT2D eigenvalue weighted by molar-refractivity contribution is 5.79. The summed E-state index contributed by atoms with van der Waals surface area (Å²) in [6, 6.07) is 14.6. The maximum absolute atomic E-state index is 13.5. The van der Waals surface area contributed by atoms with Gasteiger partial charge in [-0.3, -0.25) is 9.69 Å². The molecule has 1 aromatic heterocycles. The van der Waals surface area contributed by atoms with Crippen LogP contribution in [0.5, 0.6) is 0 Å². The Morgan fingerprint density at radius 3 is 2.81 bits per heavy atom. The Morgan fingerprint density at radius 1 is 1.06 bits per heavy atom. The number of likely N-dealkylation sites (tertiary alicyclic amines) is 2. The Balaban J connectivity index is 1.23. The van der Waals surface area contributed by atoms with Crippen molar-refractivity contribution in [1.82, 2.24) is 14.8 Å². The van der Waals surface area contributed by atoms with Crippen LogP contribution in [-0.2, 0) is 11.3 Å². The number of nitrogens with zero attached hydrogens (tertiary/aromatic N) is 3. The Hall–Kier alpha value is -2.73. The molecule has 6 heteroatoms. The molecule has 2 saturated heterocycles. The maximum atomic E-state index is 13.5. The van der Waals surface area contributed by atoms with E-state index in [1.54, 1.807) is 12.1 Å². The first-order chi connectivity index (χ1) is 15.2. The number of carbonyl (C=O) groups is 1. The lowest BCUT2D eigenvalue weighted by Crippen LogP contribution is -2.47. The molecule has 0 saturated carbocycles. The number of rotatable bonds is 4. The van der Waals surface area contributed by atoms with Crippen LogP contribution in [-0.4, -0.2) is 46.9 Å². The highest BCUT2D eigenvalue weighted by Crippen LogP contribution is 2.30. The largest absolute Gasteiger partial charge is 0.440 e. The van der Waals surface area contributed by atoms with Crippen molar-refractivity contribution in [2.45, 2.75) is 38.1 Å². The van der Waals surface area contributed by atoms with E-state index in [9.17, 15) is 9.18 Å². The summed E-state index contributed by atoms with van der Waals surface area (Å²) >= 11 is 0. The van der Waals surface area contributed by atoms with Gasteiger partial charge in [-0.15, -0.1) is 0 Å². The normalized spacial score (nSPS) is 22.7. The first-order valence-electron chi connectivity index (χ1n) is 11.3. The molecule has 0 aliphatic carbocycles. The van der Waals surface area contributed by atoms with Crippen molar-refractivity contribution in [3.05, 3.63) is 65.8 Å². The lowest BCUT2D eigenvalue weighted by atomic mass is 9.92. The zero-order chi connectivity index (χ0) is 21.2. The molecular formula is C25H28FN3O2. The first kappa shape index (κ1) is 20.2. The molecule has 0 spiro atoms. The minimum absolute atomic E-state index is 0.00434. The molecular weight excluding hydrogens is 393 g/mol. The first-order valence-corrected chi connectivity index (χ1v) is 11.3. The minimum atomic E-state index is -0.208. The van der Waals surface area contributed by atoms with Crippen molar-refractivity contribution < 1.29 is 13.6 Å². The van der Waals surface area contributed by atoms with Crippen LogP contribution >= 0.6 is 0 Å². The van der Waals surface area contributed by atoms with Gasteiger partial charge in [0.25, 0.3) is 0 Å². The van der Waals surface area contributed by atoms with E-state index < -0.39 is 0 Å². The Labute approximate surface area is 181 Å². The Kier molecular flexibility index (Phi) is 5.72. The third kappa shape index (κ3) is 4.49. The minimum Gasteiger partial charge on any atom is -0.440 e. The number of fused-ring (bicyclic) bond motifs is 1. The van der Waals surface area contributed by atoms with Crippen molar-refractivity contribution in [3.8, 4) is 0 Å². The van der Waals surface area contributed by atoms with Crippen LogP contribution in [0.2, 0.25) is 0 Å². The molecule has 162 valence electrons. The Bertz CT molecular complexity index is 1030. The van der Waals surface area contributed by atoms with E-state index in [-0.39, 0.29) is 23.6 Å². The molecule has 1 amide bonds. The van der Waals surface area contributed by atoms with E-state index in [4.69, 9.17) is 4.42 Å². The van der Waals surface area contributed by atoms with Gasteiger partial charge in [-0.05, 0) is 62.1 Å². The van der Waals surface area contributed by atoms with Gasteiger partial charge in [0.05, 0.1) is 11.8 Å². The van der Waals surface area contributed by atoms with Gasteiger partial charge in [-0.1, -0.05) is 24.3 Å². The van der Waals surface area contributed by atoms with Crippen LogP contribution in [0.4, 0.5) is 4.39 Å². The molecule has 2 fully saturated rings. The fourth-order valence-corrected chi connectivity index (χ4v) is 5.00. The smallest absolute Gasteiger partial charge is 0.226 e. The van der Waals surface area contributed by atoms with Crippen LogP contribution in [0.3, 0.4) is 0 Å². The lowest BCUT2D eigenvalue weighted by Gasteiger charge is -2.37. The highest BCUT2D eigenvalue weighted by atomic mass is 19.1. The quantitative estimate of drug-likeness (QED) is 0.619. The summed E-state index contributed by atoms with van der Waals surface area (Å²) in [6.45, 7) is 3.85. The molecule has 31 heavy (non-hydrogen) atoms. The van der Waals surface area contributed by atoms with E-state index in [0.717, 1.165) is 67.9 Å². The molecule has 0 bridgehead atoms. The number of halogens is 1.